The molecule has 0 aliphatic carbocycles. The molecule has 1 rings (SSSR count). The molecule has 0 aromatic carbocycles. The molecule has 0 amide bonds. The maximum Gasteiger partial charge on any atom is 0.404 e. The summed E-state index contributed by atoms with van der Waals surface area (Å²) in [5, 5.41) is 14.4. The van der Waals surface area contributed by atoms with Crippen molar-refractivity contribution in [2.24, 2.45) is 0 Å². The highest BCUT2D eigenvalue weighted by molar-refractivity contribution is 9.10. The van der Waals surface area contributed by atoms with Crippen molar-refractivity contribution in [2.75, 3.05) is 26.9 Å². The van der Waals surface area contributed by atoms with Crippen LogP contribution in [0.3, 0.4) is 0 Å². The Labute approximate surface area is 107 Å². The van der Waals surface area contributed by atoms with Gasteiger partial charge in [0, 0.05) is 13.7 Å². The second-order valence-electron chi connectivity index (χ2n) is 3.28. The second kappa shape index (κ2) is 7.36. The molecule has 0 saturated carbocycles. The quantitative estimate of drug-likeness (QED) is 0.414. The molecule has 7 nitrogen and oxygen atoms in total. The van der Waals surface area contributed by atoms with Crippen molar-refractivity contribution in [2.45, 2.75) is 13.0 Å². The summed E-state index contributed by atoms with van der Waals surface area (Å²) in [4.78, 5) is 10.0. The highest BCUT2D eigenvalue weighted by atomic mass is 79.9. The fraction of sp³-hybridized carbons (Fsp3) is 0.667. The van der Waals surface area contributed by atoms with E-state index in [1.807, 2.05) is 0 Å². The molecule has 0 radical (unpaired) electrons. The molecule has 0 bridgehead atoms. The van der Waals surface area contributed by atoms with Crippen molar-refractivity contribution >= 4 is 21.7 Å². The molecule has 0 atom stereocenters. The molecule has 1 heterocycles. The first kappa shape index (κ1) is 14.1. The first-order valence-corrected chi connectivity index (χ1v) is 5.88. The van der Waals surface area contributed by atoms with Crippen LogP contribution in [0.5, 0.6) is 0 Å². The van der Waals surface area contributed by atoms with Gasteiger partial charge >= 0.3 is 5.82 Å². The van der Waals surface area contributed by atoms with Gasteiger partial charge in [0.25, 0.3) is 0 Å². The van der Waals surface area contributed by atoms with E-state index in [2.05, 4.69) is 21.0 Å². The monoisotopic (exact) mass is 307 g/mol. The predicted octanol–water partition coefficient (Wildman–Crippen LogP) is 1.61. The van der Waals surface area contributed by atoms with Crippen LogP contribution in [0.25, 0.3) is 0 Å². The van der Waals surface area contributed by atoms with Crippen molar-refractivity contribution in [3.63, 3.8) is 0 Å². The van der Waals surface area contributed by atoms with Gasteiger partial charge in [0.1, 0.15) is 4.47 Å². The highest BCUT2D eigenvalue weighted by Gasteiger charge is 2.17. The number of nitrogens with zero attached hydrogens (tertiary/aromatic N) is 3. The first-order valence-electron chi connectivity index (χ1n) is 5.09. The largest absolute Gasteiger partial charge is 0.404 e. The molecular weight excluding hydrogens is 294 g/mol. The van der Waals surface area contributed by atoms with Crippen molar-refractivity contribution in [3.05, 3.63) is 20.8 Å². The number of nitro groups is 1. The Bertz CT molecular complexity index is 369. The summed E-state index contributed by atoms with van der Waals surface area (Å²) in [6.07, 6.45) is 2.34. The lowest BCUT2D eigenvalue weighted by Crippen LogP contribution is -2.06. The molecule has 96 valence electrons. The number of hydrogen-bond donors (Lipinski definition) is 0. The lowest BCUT2D eigenvalue weighted by atomic mass is 10.4. The van der Waals surface area contributed by atoms with E-state index in [1.165, 1.54) is 4.68 Å². The highest BCUT2D eigenvalue weighted by Crippen LogP contribution is 2.21. The number of rotatable bonds is 8. The molecule has 0 saturated heterocycles. The lowest BCUT2D eigenvalue weighted by Gasteiger charge is -2.01. The zero-order valence-electron chi connectivity index (χ0n) is 9.47. The zero-order chi connectivity index (χ0) is 12.7. The van der Waals surface area contributed by atoms with Crippen molar-refractivity contribution in [1.29, 1.82) is 0 Å². The minimum Gasteiger partial charge on any atom is -0.382 e. The molecular formula is C9H14BrN3O4. The molecule has 0 aliphatic heterocycles. The van der Waals surface area contributed by atoms with E-state index in [4.69, 9.17) is 9.47 Å². The molecule has 0 spiro atoms. The molecule has 0 unspecified atom stereocenters. The topological polar surface area (TPSA) is 79.4 Å². The lowest BCUT2D eigenvalue weighted by molar-refractivity contribution is -0.390. The van der Waals surface area contributed by atoms with Crippen LogP contribution in [-0.4, -0.2) is 41.6 Å². The Morgan fingerprint density at radius 2 is 2.29 bits per heavy atom. The van der Waals surface area contributed by atoms with Crippen LogP contribution >= 0.6 is 15.9 Å². The summed E-state index contributed by atoms with van der Waals surface area (Å²) in [6, 6.07) is 0. The van der Waals surface area contributed by atoms with Crippen molar-refractivity contribution in [3.8, 4) is 0 Å². The molecule has 17 heavy (non-hydrogen) atoms. The Hall–Kier alpha value is -0.990. The van der Waals surface area contributed by atoms with Crippen molar-refractivity contribution < 1.29 is 14.4 Å². The number of ether oxygens (including phenoxy) is 2. The number of methoxy groups -OCH3 is 1. The molecule has 0 aliphatic rings. The van der Waals surface area contributed by atoms with E-state index in [-0.39, 0.29) is 5.82 Å². The van der Waals surface area contributed by atoms with E-state index in [0.29, 0.717) is 30.8 Å². The summed E-state index contributed by atoms with van der Waals surface area (Å²) >= 11 is 3.09. The minimum absolute atomic E-state index is 0.162. The van der Waals surface area contributed by atoms with Gasteiger partial charge in [0.15, 0.2) is 0 Å². The molecule has 8 heteroatoms. The van der Waals surface area contributed by atoms with Crippen LogP contribution in [0.4, 0.5) is 5.82 Å². The fourth-order valence-electron chi connectivity index (χ4n) is 1.20. The van der Waals surface area contributed by atoms with Crippen LogP contribution in [0, 0.1) is 10.1 Å². The van der Waals surface area contributed by atoms with Gasteiger partial charge in [-0.1, -0.05) is 0 Å². The average molecular weight is 308 g/mol. The fourth-order valence-corrected chi connectivity index (χ4v) is 1.66. The average Bonchev–Trinajstić information content (AvgIpc) is 2.65. The van der Waals surface area contributed by atoms with E-state index in [9.17, 15) is 10.1 Å². The Morgan fingerprint density at radius 1 is 1.53 bits per heavy atom. The number of hydrogen-bond acceptors (Lipinski definition) is 5. The van der Waals surface area contributed by atoms with E-state index >= 15 is 0 Å². The van der Waals surface area contributed by atoms with Crippen LogP contribution in [0.1, 0.15) is 6.42 Å². The minimum atomic E-state index is -0.518. The zero-order valence-corrected chi connectivity index (χ0v) is 11.1. The predicted molar refractivity (Wildman–Crippen MR) is 63.9 cm³/mol. The van der Waals surface area contributed by atoms with Gasteiger partial charge in [-0.15, -0.1) is 0 Å². The molecule has 0 N–H and O–H groups in total. The normalized spacial score (nSPS) is 10.7. The van der Waals surface area contributed by atoms with Gasteiger partial charge < -0.3 is 19.6 Å². The summed E-state index contributed by atoms with van der Waals surface area (Å²) in [5.41, 5.74) is 0. The van der Waals surface area contributed by atoms with Gasteiger partial charge in [-0.2, -0.15) is 4.68 Å². The third-order valence-electron chi connectivity index (χ3n) is 1.98. The third kappa shape index (κ3) is 4.80. The maximum atomic E-state index is 10.5. The Kier molecular flexibility index (Phi) is 6.09. The number of aryl methyl sites for hydroxylation is 1. The summed E-state index contributed by atoms with van der Waals surface area (Å²) in [6.45, 7) is 2.28. The standard InChI is InChI=1S/C9H14BrN3O4/c1-16-5-6-17-4-2-3-12-7-8(10)9(11-12)13(14)15/h7H,2-6H2,1H3. The van der Waals surface area contributed by atoms with Crippen LogP contribution in [-0.2, 0) is 16.0 Å². The van der Waals surface area contributed by atoms with E-state index in [1.54, 1.807) is 13.3 Å². The maximum absolute atomic E-state index is 10.5. The van der Waals surface area contributed by atoms with Crippen LogP contribution in [0.15, 0.2) is 10.7 Å². The van der Waals surface area contributed by atoms with Crippen molar-refractivity contribution in [1.82, 2.24) is 9.78 Å². The third-order valence-corrected chi connectivity index (χ3v) is 2.54. The summed E-state index contributed by atoms with van der Waals surface area (Å²) < 4.78 is 12.0. The van der Waals surface area contributed by atoms with Gasteiger partial charge in [0.2, 0.25) is 0 Å². The second-order valence-corrected chi connectivity index (χ2v) is 4.13. The summed E-state index contributed by atoms with van der Waals surface area (Å²) in [7, 11) is 1.61. The van der Waals surface area contributed by atoms with Crippen LogP contribution < -0.4 is 0 Å². The Balaban J connectivity index is 2.27. The SMILES string of the molecule is COCCOCCCn1cc(Br)c([N+](=O)[O-])n1. The molecule has 0 fully saturated rings. The smallest absolute Gasteiger partial charge is 0.382 e. The van der Waals surface area contributed by atoms with Gasteiger partial charge in [-0.25, -0.2) is 0 Å². The van der Waals surface area contributed by atoms with E-state index < -0.39 is 4.92 Å². The Morgan fingerprint density at radius 3 is 2.88 bits per heavy atom. The van der Waals surface area contributed by atoms with Crippen LogP contribution in [0.2, 0.25) is 0 Å². The van der Waals surface area contributed by atoms with Gasteiger partial charge in [-0.05, 0) is 27.3 Å². The first-order chi connectivity index (χ1) is 8.15. The number of aromatic nitrogens is 2. The van der Waals surface area contributed by atoms with E-state index in [0.717, 1.165) is 6.42 Å². The summed E-state index contributed by atoms with van der Waals surface area (Å²) in [5.74, 6) is -0.162. The van der Waals surface area contributed by atoms with Gasteiger partial charge in [-0.3, -0.25) is 0 Å². The molecule has 1 aromatic rings. The molecule has 1 aromatic heterocycles. The number of halogens is 1. The van der Waals surface area contributed by atoms with Gasteiger partial charge in [0.05, 0.1) is 31.1 Å².